The van der Waals surface area contributed by atoms with E-state index in [2.05, 4.69) is 410 Å². The second kappa shape index (κ2) is 26.4. The number of anilines is 6. The Hall–Kier alpha value is -11.7. The third kappa shape index (κ3) is 11.3. The summed E-state index contributed by atoms with van der Waals surface area (Å²) < 4.78 is 1.22. The highest BCUT2D eigenvalue weighted by Crippen LogP contribution is 2.60. The van der Waals surface area contributed by atoms with Gasteiger partial charge in [-0.2, -0.15) is 8.97 Å². The maximum absolute atomic E-state index is 2.61. The summed E-state index contributed by atoms with van der Waals surface area (Å²) in [6, 6.07) is 144. The molecule has 0 aromatic heterocycles. The van der Waals surface area contributed by atoms with Crippen LogP contribution in [0.2, 0.25) is 0 Å². The minimum absolute atomic E-state index is 0.167. The van der Waals surface area contributed by atoms with Gasteiger partial charge in [0, 0.05) is 80.0 Å². The largest absolute Gasteiger partial charge is 0.310 e. The Bertz CT molecular complexity index is 4140. The molecule has 0 unspecified atom stereocenters. The number of benzene rings is 14. The molecule has 96 heavy (non-hydrogen) atoms. The highest BCUT2D eigenvalue weighted by molar-refractivity contribution is 5.86. The van der Waals surface area contributed by atoms with Gasteiger partial charge in [0.15, 0.2) is 23.8 Å². The Balaban J connectivity index is 1.03. The monoisotopic (exact) mass is 1230 g/mol. The summed E-state index contributed by atoms with van der Waals surface area (Å²) in [5.74, 6) is -0.670. The number of rotatable bonds is 20. The van der Waals surface area contributed by atoms with E-state index in [9.17, 15) is 0 Å². The van der Waals surface area contributed by atoms with Crippen LogP contribution in [-0.4, -0.2) is 13.3 Å². The molecule has 1 saturated heterocycles. The van der Waals surface area contributed by atoms with E-state index in [1.54, 1.807) is 0 Å². The van der Waals surface area contributed by atoms with Crippen molar-refractivity contribution in [2.45, 2.75) is 23.7 Å². The first kappa shape index (κ1) is 59.4. The van der Waals surface area contributed by atoms with Crippen LogP contribution >= 0.6 is 0 Å². The van der Waals surface area contributed by atoms with Crippen LogP contribution in [0.5, 0.6) is 0 Å². The van der Waals surface area contributed by atoms with Crippen LogP contribution in [0.1, 0.15) is 90.4 Å². The van der Waals surface area contributed by atoms with E-state index < -0.39 is 0 Å². The van der Waals surface area contributed by atoms with Crippen molar-refractivity contribution in [3.63, 3.8) is 0 Å². The van der Waals surface area contributed by atoms with Gasteiger partial charge in [-0.3, -0.25) is 0 Å². The lowest BCUT2D eigenvalue weighted by molar-refractivity contribution is 0.0982. The smallest absolute Gasteiger partial charge is 0.234 e. The maximum Gasteiger partial charge on any atom is 0.234 e. The fourth-order valence-electron chi connectivity index (χ4n) is 15.8. The van der Waals surface area contributed by atoms with E-state index in [0.29, 0.717) is 8.97 Å². The van der Waals surface area contributed by atoms with Crippen LogP contribution in [0.4, 0.5) is 45.5 Å². The lowest BCUT2D eigenvalue weighted by Gasteiger charge is -2.50. The SMILES string of the molecule is C1=C[N+]2(c3c(C(c4ccccc4)c4ccccc4)cc(N(c4ccccc4)c4ccccc4)cc3C(c3ccccc3)c3ccccc3)C[N+]1(c1c(C(c3ccccc3)c3ccccc3)cc(N(c3ccccc3)c3ccccc3)cc1C(c1ccccc1)c1ccccc1)C2. The molecule has 2 bridgehead atoms. The van der Waals surface area contributed by atoms with Crippen molar-refractivity contribution < 1.29 is 0 Å². The van der Waals surface area contributed by atoms with Crippen LogP contribution in [0.15, 0.2) is 401 Å². The quantitative estimate of drug-likeness (QED) is 0.0554. The Morgan fingerprint density at radius 3 is 0.510 bits per heavy atom. The van der Waals surface area contributed by atoms with Crippen LogP contribution in [0.25, 0.3) is 0 Å². The van der Waals surface area contributed by atoms with Gasteiger partial charge in [-0.05, 0) is 117 Å². The van der Waals surface area contributed by atoms with Crippen molar-refractivity contribution in [3.8, 4) is 0 Å². The van der Waals surface area contributed by atoms with Gasteiger partial charge in [0.25, 0.3) is 0 Å². The van der Waals surface area contributed by atoms with Crippen LogP contribution < -0.4 is 18.8 Å². The molecule has 14 aromatic rings. The molecule has 17 rings (SSSR count). The van der Waals surface area contributed by atoms with Gasteiger partial charge in [0.2, 0.25) is 13.3 Å². The average molecular weight is 1240 g/mol. The van der Waals surface area contributed by atoms with Crippen LogP contribution in [0, 0.1) is 0 Å². The zero-order chi connectivity index (χ0) is 64.1. The molecule has 0 amide bonds. The van der Waals surface area contributed by atoms with Crippen molar-refractivity contribution in [1.82, 2.24) is 8.97 Å². The zero-order valence-corrected chi connectivity index (χ0v) is 53.6. The Morgan fingerprint density at radius 2 is 0.344 bits per heavy atom. The molecule has 3 aliphatic rings. The second-order valence-electron chi connectivity index (χ2n) is 25.6. The third-order valence-electron chi connectivity index (χ3n) is 19.7. The summed E-state index contributed by atoms with van der Waals surface area (Å²) >= 11 is 0. The summed E-state index contributed by atoms with van der Waals surface area (Å²) in [6.45, 7) is 1.47. The number of para-hydroxylation sites is 4. The predicted octanol–water partition coefficient (Wildman–Crippen LogP) is 23.1. The number of hydrogen-bond donors (Lipinski definition) is 0. The highest BCUT2D eigenvalue weighted by Gasteiger charge is 2.66. The first-order chi connectivity index (χ1) is 47.6. The molecule has 0 atom stereocenters. The average Bonchev–Trinajstić information content (AvgIpc) is 1.43. The topological polar surface area (TPSA) is 6.48 Å². The minimum atomic E-state index is -0.167. The molecular formula is C92H74N4+2. The Morgan fingerprint density at radius 1 is 0.188 bits per heavy atom. The molecule has 0 N–H and O–H groups in total. The van der Waals surface area contributed by atoms with E-state index in [-0.39, 0.29) is 23.7 Å². The summed E-state index contributed by atoms with van der Waals surface area (Å²) in [6.07, 6.45) is 5.21. The van der Waals surface area contributed by atoms with Gasteiger partial charge in [-0.15, -0.1) is 0 Å². The summed E-state index contributed by atoms with van der Waals surface area (Å²) in [7, 11) is 0. The van der Waals surface area contributed by atoms with Crippen molar-refractivity contribution in [3.05, 3.63) is 467 Å². The Kier molecular flexibility index (Phi) is 16.3. The molecule has 3 heterocycles. The normalized spacial score (nSPS) is 15.4. The fourth-order valence-corrected chi connectivity index (χ4v) is 15.8. The summed E-state index contributed by atoms with van der Waals surface area (Å²) in [5, 5.41) is 0. The van der Waals surface area contributed by atoms with Crippen molar-refractivity contribution in [1.29, 1.82) is 0 Å². The summed E-state index contributed by atoms with van der Waals surface area (Å²) in [4.78, 5) is 4.95. The van der Waals surface area contributed by atoms with Crippen LogP contribution in [-0.2, 0) is 0 Å². The van der Waals surface area contributed by atoms with Crippen LogP contribution in [0.3, 0.4) is 0 Å². The number of quaternary nitrogens is 2. The second-order valence-corrected chi connectivity index (χ2v) is 25.6. The molecule has 460 valence electrons. The Labute approximate surface area is 565 Å². The molecule has 1 fully saturated rings. The lowest BCUT2D eigenvalue weighted by Crippen LogP contribution is -2.73. The van der Waals surface area contributed by atoms with Crippen molar-refractivity contribution in [2.24, 2.45) is 0 Å². The highest BCUT2D eigenvalue weighted by atomic mass is 15.7. The maximum atomic E-state index is 2.61. The number of hydrogen-bond acceptors (Lipinski definition) is 2. The first-order valence-corrected chi connectivity index (χ1v) is 33.6. The van der Waals surface area contributed by atoms with Gasteiger partial charge in [-0.25, -0.2) is 0 Å². The van der Waals surface area contributed by atoms with Gasteiger partial charge >= 0.3 is 0 Å². The molecule has 4 heteroatoms. The van der Waals surface area contributed by atoms with E-state index in [4.69, 9.17) is 0 Å². The van der Waals surface area contributed by atoms with E-state index in [0.717, 1.165) is 47.5 Å². The molecule has 4 nitrogen and oxygen atoms in total. The van der Waals surface area contributed by atoms with E-state index in [1.165, 1.54) is 78.1 Å². The van der Waals surface area contributed by atoms with Gasteiger partial charge in [0.1, 0.15) is 0 Å². The van der Waals surface area contributed by atoms with Gasteiger partial charge < -0.3 is 9.80 Å². The fraction of sp³-hybridized carbons (Fsp3) is 0.0652. The van der Waals surface area contributed by atoms with Crippen molar-refractivity contribution >= 4 is 45.5 Å². The molecule has 0 spiro atoms. The van der Waals surface area contributed by atoms with Gasteiger partial charge in [-0.1, -0.05) is 315 Å². The predicted molar refractivity (Wildman–Crippen MR) is 400 cm³/mol. The molecule has 3 aliphatic heterocycles. The third-order valence-corrected chi connectivity index (χ3v) is 19.7. The standard InChI is InChI=1S/C92H74N4/c1-13-37-69(38-14-1)87(70-39-15-2-16-40-70)83-63-81(93(77-53-29-9-30-54-77)78-55-31-10-32-56-78)64-84(88(71-41-17-3-18-42-71)72-43-19-4-20-44-72)91(83)95-61-62-96(67-95,68-95)92-85(89(73-45-21-5-22-46-73)74-47-23-6-24-48-74)65-82(94(79-57-33-11-34-58-79)80-59-35-12-36-60-80)66-86(92)90(75-49-25-7-26-50-75)76-51-27-8-28-52-76/h1-66,87-90H,67-68H2/q+2. The molecule has 0 aliphatic carbocycles. The molecule has 0 radical (unpaired) electrons. The minimum Gasteiger partial charge on any atom is -0.310 e. The lowest BCUT2D eigenvalue weighted by atomic mass is 9.76. The summed E-state index contributed by atoms with van der Waals surface area (Å²) in [5.41, 5.74) is 24.2. The molecular weight excluding hydrogens is 1160 g/mol. The molecule has 14 aromatic carbocycles. The zero-order valence-electron chi connectivity index (χ0n) is 53.6. The molecule has 0 saturated carbocycles. The van der Waals surface area contributed by atoms with E-state index >= 15 is 0 Å². The van der Waals surface area contributed by atoms with Gasteiger partial charge in [0.05, 0.1) is 0 Å². The first-order valence-electron chi connectivity index (χ1n) is 33.6. The van der Waals surface area contributed by atoms with E-state index in [1.807, 2.05) is 0 Å². The number of nitrogens with zero attached hydrogens (tertiary/aromatic N) is 4. The van der Waals surface area contributed by atoms with Crippen molar-refractivity contribution in [2.75, 3.05) is 23.1 Å².